The molecule has 0 saturated carbocycles. The van der Waals surface area contributed by atoms with E-state index >= 15 is 0 Å². The summed E-state index contributed by atoms with van der Waals surface area (Å²) in [7, 11) is 0. The van der Waals surface area contributed by atoms with Crippen molar-refractivity contribution in [3.8, 4) is 0 Å². The van der Waals surface area contributed by atoms with Crippen LogP contribution in [0, 0.1) is 10.4 Å². The lowest BCUT2D eigenvalue weighted by Gasteiger charge is -2.23. The highest BCUT2D eigenvalue weighted by atomic mass is 16.6. The number of piperazine rings is 1. The molecule has 0 aromatic carbocycles. The van der Waals surface area contributed by atoms with Gasteiger partial charge in [-0.3, -0.25) is 0 Å². The van der Waals surface area contributed by atoms with Crippen molar-refractivity contribution in [2.24, 2.45) is 5.28 Å². The van der Waals surface area contributed by atoms with E-state index in [1.807, 2.05) is 0 Å². The lowest BCUT2D eigenvalue weighted by atomic mass is 10.4. The summed E-state index contributed by atoms with van der Waals surface area (Å²) in [4.78, 5) is 0.0981. The van der Waals surface area contributed by atoms with Gasteiger partial charge in [0.2, 0.25) is 0 Å². The van der Waals surface area contributed by atoms with E-state index in [0.717, 1.165) is 13.1 Å². The summed E-state index contributed by atoms with van der Waals surface area (Å²) in [5.41, 5.74) is 0. The smallest absolute Gasteiger partial charge is 0.0892 e. The number of hydrogen-bond acceptors (Lipinski definition) is 4. The highest BCUT2D eigenvalue weighted by Crippen LogP contribution is 1.92. The lowest BCUT2D eigenvalue weighted by Crippen LogP contribution is -2.46. The van der Waals surface area contributed by atoms with Crippen molar-refractivity contribution in [3.05, 3.63) is 10.4 Å². The quantitative estimate of drug-likeness (QED) is 0.299. The van der Waals surface area contributed by atoms with Crippen molar-refractivity contribution in [3.63, 3.8) is 0 Å². The van der Waals surface area contributed by atoms with Gasteiger partial charge >= 0.3 is 0 Å². The van der Waals surface area contributed by atoms with Crippen molar-refractivity contribution in [2.75, 3.05) is 26.2 Å². The van der Waals surface area contributed by atoms with Crippen LogP contribution in [0.4, 0.5) is 0 Å². The predicted molar refractivity (Wildman–Crippen MR) is 33.9 cm³/mol. The van der Waals surface area contributed by atoms with Crippen molar-refractivity contribution < 1.29 is 4.97 Å². The molecule has 10 heavy (non-hydrogen) atoms. The molecule has 6 heteroatoms. The molecule has 1 aliphatic rings. The lowest BCUT2D eigenvalue weighted by molar-refractivity contribution is -0.691. The average Bonchev–Trinajstić information content (AvgIpc) is 2.05. The largest absolute Gasteiger partial charge is 0.737 e. The molecule has 0 atom stereocenters. The molecule has 0 aromatic heterocycles. The zero-order valence-electron chi connectivity index (χ0n) is 5.49. The van der Waals surface area contributed by atoms with E-state index in [4.69, 9.17) is 0 Å². The van der Waals surface area contributed by atoms with E-state index in [9.17, 15) is 10.4 Å². The number of hydrazine groups is 1. The van der Waals surface area contributed by atoms with E-state index < -0.39 is 0 Å². The van der Waals surface area contributed by atoms with Gasteiger partial charge in [0.1, 0.15) is 0 Å². The van der Waals surface area contributed by atoms with Crippen LogP contribution in [0.2, 0.25) is 0 Å². The zero-order chi connectivity index (χ0) is 7.40. The van der Waals surface area contributed by atoms with Crippen molar-refractivity contribution in [2.45, 2.75) is 0 Å². The molecule has 0 aromatic rings. The Kier molecular flexibility index (Phi) is 2.27. The first-order valence-corrected chi connectivity index (χ1v) is 3.10. The monoisotopic (exact) mass is 145 g/mol. The normalized spacial score (nSPS) is 21.2. The van der Waals surface area contributed by atoms with Gasteiger partial charge in [0.05, 0.1) is 13.1 Å². The second-order valence-electron chi connectivity index (χ2n) is 2.04. The fourth-order valence-electron chi connectivity index (χ4n) is 0.876. The number of rotatable bonds is 1. The summed E-state index contributed by atoms with van der Waals surface area (Å²) in [5, 5.41) is 26.8. The van der Waals surface area contributed by atoms with E-state index in [0.29, 0.717) is 13.1 Å². The van der Waals surface area contributed by atoms with Crippen LogP contribution >= 0.6 is 0 Å². The van der Waals surface area contributed by atoms with Crippen LogP contribution in [0.25, 0.3) is 0 Å². The van der Waals surface area contributed by atoms with Gasteiger partial charge in [-0.25, -0.2) is 0 Å². The van der Waals surface area contributed by atoms with Gasteiger partial charge in [0.15, 0.2) is 0 Å². The molecular weight excluding hydrogens is 136 g/mol. The first kappa shape index (κ1) is 7.07. The molecule has 0 spiro atoms. The third-order valence-corrected chi connectivity index (χ3v) is 1.41. The van der Waals surface area contributed by atoms with Gasteiger partial charge in [-0.15, -0.1) is 5.01 Å². The Hall–Kier alpha value is -1.04. The summed E-state index contributed by atoms with van der Waals surface area (Å²) in [5.74, 6) is 0. The van der Waals surface area contributed by atoms with Crippen LogP contribution in [-0.2, 0) is 0 Å². The first-order valence-electron chi connectivity index (χ1n) is 3.10. The Bertz CT molecular complexity index is 131. The Morgan fingerprint density at radius 1 is 1.40 bits per heavy atom. The van der Waals surface area contributed by atoms with Gasteiger partial charge in [-0.2, -0.15) is 0 Å². The number of nitrogens with one attached hydrogen (secondary N) is 1. The van der Waals surface area contributed by atoms with Crippen molar-refractivity contribution >= 4 is 0 Å². The molecule has 0 amide bonds. The molecule has 1 aliphatic heterocycles. The maximum absolute atomic E-state index is 10.5. The number of hydrogen-bond donors (Lipinski definition) is 1. The molecule has 0 bridgehead atoms. The van der Waals surface area contributed by atoms with Crippen LogP contribution in [0.15, 0.2) is 5.28 Å². The SMILES string of the molecule is [O-]/N=[N+](\[O-])N1CCNCC1. The summed E-state index contributed by atoms with van der Waals surface area (Å²) < 4.78 is 0. The molecule has 1 rings (SSSR count). The Balaban J connectivity index is 2.39. The molecule has 1 saturated heterocycles. The molecule has 0 radical (unpaired) electrons. The van der Waals surface area contributed by atoms with Crippen molar-refractivity contribution in [1.29, 1.82) is 0 Å². The number of nitrogens with zero attached hydrogens (tertiary/aromatic N) is 3. The highest BCUT2D eigenvalue weighted by molar-refractivity contribution is 4.59. The Morgan fingerprint density at radius 3 is 2.50 bits per heavy atom. The van der Waals surface area contributed by atoms with Gasteiger partial charge in [0, 0.05) is 18.1 Å². The molecule has 1 N–H and O–H groups in total. The maximum Gasteiger partial charge on any atom is 0.0892 e. The Labute approximate surface area is 58.3 Å². The molecule has 0 unspecified atom stereocenters. The minimum atomic E-state index is 0.0981. The minimum Gasteiger partial charge on any atom is -0.737 e. The fourth-order valence-corrected chi connectivity index (χ4v) is 0.876. The van der Waals surface area contributed by atoms with Gasteiger partial charge in [-0.05, 0) is 5.28 Å². The van der Waals surface area contributed by atoms with Gasteiger partial charge in [-0.1, -0.05) is 0 Å². The topological polar surface area (TPSA) is 76.8 Å². The summed E-state index contributed by atoms with van der Waals surface area (Å²) in [6.45, 7) is 2.56. The molecular formula is C4H9N4O2-. The third-order valence-electron chi connectivity index (χ3n) is 1.41. The van der Waals surface area contributed by atoms with Gasteiger partial charge < -0.3 is 15.7 Å². The zero-order valence-corrected chi connectivity index (χ0v) is 5.49. The van der Waals surface area contributed by atoms with E-state index in [2.05, 4.69) is 10.6 Å². The van der Waals surface area contributed by atoms with Crippen molar-refractivity contribution in [1.82, 2.24) is 10.3 Å². The predicted octanol–water partition coefficient (Wildman–Crippen LogP) is -0.733. The fraction of sp³-hybridized carbons (Fsp3) is 1.00. The molecule has 1 heterocycles. The van der Waals surface area contributed by atoms with Gasteiger partial charge in [0.25, 0.3) is 0 Å². The first-order chi connectivity index (χ1) is 4.84. The standard InChI is InChI=1S/C4H10N4O2/c9-6-8(10)7-3-1-5-2-4-7/h5,9H,1-4H2/p-1/b8-6-. The molecule has 0 aliphatic carbocycles. The second-order valence-corrected chi connectivity index (χ2v) is 2.04. The minimum absolute atomic E-state index is 0.0981. The maximum atomic E-state index is 10.5. The molecule has 58 valence electrons. The van der Waals surface area contributed by atoms with E-state index in [1.54, 1.807) is 0 Å². The summed E-state index contributed by atoms with van der Waals surface area (Å²) >= 11 is 0. The average molecular weight is 145 g/mol. The Morgan fingerprint density at radius 2 is 2.00 bits per heavy atom. The van der Waals surface area contributed by atoms with Crippen LogP contribution in [0.5, 0.6) is 0 Å². The summed E-state index contributed by atoms with van der Waals surface area (Å²) in [6, 6.07) is 0. The van der Waals surface area contributed by atoms with Crippen LogP contribution in [0.1, 0.15) is 0 Å². The third kappa shape index (κ3) is 1.47. The molecule has 1 fully saturated rings. The highest BCUT2D eigenvalue weighted by Gasteiger charge is 2.13. The molecule has 6 nitrogen and oxygen atoms in total. The van der Waals surface area contributed by atoms with E-state index in [-0.39, 0.29) is 4.97 Å². The second kappa shape index (κ2) is 3.21. The van der Waals surface area contributed by atoms with Crippen LogP contribution in [0.3, 0.4) is 0 Å². The summed E-state index contributed by atoms with van der Waals surface area (Å²) in [6.07, 6.45) is 0. The van der Waals surface area contributed by atoms with Crippen LogP contribution in [-0.4, -0.2) is 36.2 Å². The van der Waals surface area contributed by atoms with E-state index in [1.165, 1.54) is 5.01 Å². The van der Waals surface area contributed by atoms with Crippen LogP contribution < -0.4 is 5.32 Å².